The van der Waals surface area contributed by atoms with Crippen LogP contribution in [0.1, 0.15) is 20.3 Å². The Bertz CT molecular complexity index is 152. The second kappa shape index (κ2) is 6.70. The lowest BCUT2D eigenvalue weighted by atomic mass is 10.2. The molecule has 0 aliphatic carbocycles. The fourth-order valence-corrected chi connectivity index (χ4v) is 2.81. The third-order valence-electron chi connectivity index (χ3n) is 2.70. The van der Waals surface area contributed by atoms with Crippen LogP contribution in [0.5, 0.6) is 0 Å². The first-order valence-electron chi connectivity index (χ1n) is 5.67. The topological polar surface area (TPSA) is 15.3 Å². The summed E-state index contributed by atoms with van der Waals surface area (Å²) in [6, 6.07) is 0.666. The van der Waals surface area contributed by atoms with Crippen LogP contribution in [0.2, 0.25) is 0 Å². The maximum Gasteiger partial charge on any atom is 0.0166 e. The molecule has 0 aromatic carbocycles. The Labute approximate surface area is 92.8 Å². The van der Waals surface area contributed by atoms with Gasteiger partial charge in [-0.15, -0.1) is 0 Å². The van der Waals surface area contributed by atoms with Crippen molar-refractivity contribution < 1.29 is 0 Å². The average molecular weight is 216 g/mol. The van der Waals surface area contributed by atoms with Gasteiger partial charge in [-0.05, 0) is 44.4 Å². The van der Waals surface area contributed by atoms with E-state index in [1.165, 1.54) is 38.4 Å². The van der Waals surface area contributed by atoms with Crippen LogP contribution in [-0.2, 0) is 0 Å². The summed E-state index contributed by atoms with van der Waals surface area (Å²) in [6.45, 7) is 9.60. The van der Waals surface area contributed by atoms with E-state index < -0.39 is 0 Å². The van der Waals surface area contributed by atoms with Crippen LogP contribution in [0.25, 0.3) is 0 Å². The van der Waals surface area contributed by atoms with Gasteiger partial charge >= 0.3 is 0 Å². The molecule has 2 nitrogen and oxygen atoms in total. The van der Waals surface area contributed by atoms with Crippen molar-refractivity contribution in [2.75, 3.05) is 38.2 Å². The minimum absolute atomic E-state index is 0.666. The fourth-order valence-electron chi connectivity index (χ4n) is 2.14. The predicted octanol–water partition coefficient (Wildman–Crippen LogP) is 1.67. The zero-order valence-corrected chi connectivity index (χ0v) is 10.6. The number of hydrogen-bond acceptors (Lipinski definition) is 3. The van der Waals surface area contributed by atoms with Gasteiger partial charge in [0.15, 0.2) is 0 Å². The van der Waals surface area contributed by atoms with Crippen LogP contribution in [0, 0.1) is 5.92 Å². The number of thioether (sulfide) groups is 1. The Morgan fingerprint density at radius 1 is 1.57 bits per heavy atom. The van der Waals surface area contributed by atoms with Crippen molar-refractivity contribution in [1.82, 2.24) is 10.2 Å². The molecule has 3 heteroatoms. The molecule has 2 atom stereocenters. The normalized spacial score (nSPS) is 27.2. The van der Waals surface area contributed by atoms with E-state index in [-0.39, 0.29) is 0 Å². The van der Waals surface area contributed by atoms with Crippen molar-refractivity contribution in [3.63, 3.8) is 0 Å². The Hall–Kier alpha value is 0.270. The van der Waals surface area contributed by atoms with Crippen molar-refractivity contribution in [3.8, 4) is 0 Å². The Morgan fingerprint density at radius 2 is 2.36 bits per heavy atom. The molecule has 1 aliphatic rings. The Morgan fingerprint density at radius 3 is 3.07 bits per heavy atom. The summed E-state index contributed by atoms with van der Waals surface area (Å²) in [5, 5.41) is 3.53. The number of nitrogens with zero attached hydrogens (tertiary/aromatic N) is 1. The number of rotatable bonds is 4. The maximum atomic E-state index is 3.53. The summed E-state index contributed by atoms with van der Waals surface area (Å²) >= 11 is 1.96. The van der Waals surface area contributed by atoms with E-state index in [0.29, 0.717) is 6.04 Å². The first-order valence-corrected chi connectivity index (χ1v) is 7.06. The van der Waals surface area contributed by atoms with E-state index in [2.05, 4.69) is 30.3 Å². The van der Waals surface area contributed by atoms with Gasteiger partial charge in [0.25, 0.3) is 0 Å². The SMILES string of the molecule is CSCC(C)CN1CCCNC(C)C1. The second-order valence-electron chi connectivity index (χ2n) is 4.53. The van der Waals surface area contributed by atoms with Gasteiger partial charge in [-0.25, -0.2) is 0 Å². The molecule has 2 unspecified atom stereocenters. The highest BCUT2D eigenvalue weighted by Gasteiger charge is 2.15. The highest BCUT2D eigenvalue weighted by Crippen LogP contribution is 2.09. The number of hydrogen-bond donors (Lipinski definition) is 1. The van der Waals surface area contributed by atoms with Gasteiger partial charge < -0.3 is 10.2 Å². The van der Waals surface area contributed by atoms with Crippen LogP contribution < -0.4 is 5.32 Å². The Kier molecular flexibility index (Phi) is 5.90. The molecule has 1 heterocycles. The van der Waals surface area contributed by atoms with Crippen molar-refractivity contribution in [2.24, 2.45) is 5.92 Å². The summed E-state index contributed by atoms with van der Waals surface area (Å²) in [6.07, 6.45) is 3.50. The highest BCUT2D eigenvalue weighted by atomic mass is 32.2. The largest absolute Gasteiger partial charge is 0.313 e. The van der Waals surface area contributed by atoms with E-state index in [0.717, 1.165) is 5.92 Å². The third kappa shape index (κ3) is 4.67. The standard InChI is InChI=1S/C11H24N2S/c1-10(9-14-3)7-13-6-4-5-12-11(2)8-13/h10-12H,4-9H2,1-3H3. The van der Waals surface area contributed by atoms with Gasteiger partial charge in [-0.2, -0.15) is 11.8 Å². The van der Waals surface area contributed by atoms with Gasteiger partial charge in [0.05, 0.1) is 0 Å². The molecule has 1 aliphatic heterocycles. The lowest BCUT2D eigenvalue weighted by molar-refractivity contribution is 0.245. The molecule has 0 spiro atoms. The average Bonchev–Trinajstić information content (AvgIpc) is 2.30. The predicted molar refractivity (Wildman–Crippen MR) is 66.1 cm³/mol. The molecule has 1 N–H and O–H groups in total. The smallest absolute Gasteiger partial charge is 0.0166 e. The zero-order valence-electron chi connectivity index (χ0n) is 9.75. The molecular weight excluding hydrogens is 192 g/mol. The fraction of sp³-hybridized carbons (Fsp3) is 1.00. The van der Waals surface area contributed by atoms with Gasteiger partial charge in [0.1, 0.15) is 0 Å². The maximum absolute atomic E-state index is 3.53. The summed E-state index contributed by atoms with van der Waals surface area (Å²) in [4.78, 5) is 2.62. The molecule has 0 aromatic heterocycles. The third-order valence-corrected chi connectivity index (χ3v) is 3.60. The van der Waals surface area contributed by atoms with Gasteiger partial charge in [0.2, 0.25) is 0 Å². The number of nitrogens with one attached hydrogen (secondary N) is 1. The second-order valence-corrected chi connectivity index (χ2v) is 5.44. The van der Waals surface area contributed by atoms with Crippen LogP contribution in [-0.4, -0.2) is 49.1 Å². The minimum Gasteiger partial charge on any atom is -0.313 e. The summed E-state index contributed by atoms with van der Waals surface area (Å²) in [7, 11) is 0. The molecule has 1 rings (SSSR count). The summed E-state index contributed by atoms with van der Waals surface area (Å²) in [5.74, 6) is 2.12. The van der Waals surface area contributed by atoms with Crippen LogP contribution >= 0.6 is 11.8 Å². The lowest BCUT2D eigenvalue weighted by Crippen LogP contribution is -2.37. The molecule has 14 heavy (non-hydrogen) atoms. The van der Waals surface area contributed by atoms with Crippen LogP contribution in [0.3, 0.4) is 0 Å². The molecule has 0 bridgehead atoms. The first kappa shape index (κ1) is 12.3. The first-order chi connectivity index (χ1) is 6.72. The van der Waals surface area contributed by atoms with E-state index >= 15 is 0 Å². The Balaban J connectivity index is 2.27. The van der Waals surface area contributed by atoms with E-state index in [9.17, 15) is 0 Å². The van der Waals surface area contributed by atoms with Crippen molar-refractivity contribution >= 4 is 11.8 Å². The monoisotopic (exact) mass is 216 g/mol. The van der Waals surface area contributed by atoms with E-state index in [1.807, 2.05) is 11.8 Å². The quantitative estimate of drug-likeness (QED) is 0.769. The highest BCUT2D eigenvalue weighted by molar-refractivity contribution is 7.98. The zero-order chi connectivity index (χ0) is 10.4. The molecule has 84 valence electrons. The van der Waals surface area contributed by atoms with Crippen molar-refractivity contribution in [1.29, 1.82) is 0 Å². The molecule has 0 amide bonds. The van der Waals surface area contributed by atoms with Crippen LogP contribution in [0.4, 0.5) is 0 Å². The summed E-state index contributed by atoms with van der Waals surface area (Å²) < 4.78 is 0. The van der Waals surface area contributed by atoms with Crippen LogP contribution in [0.15, 0.2) is 0 Å². The molecular formula is C11H24N2S. The molecule has 0 saturated carbocycles. The van der Waals surface area contributed by atoms with E-state index in [4.69, 9.17) is 0 Å². The van der Waals surface area contributed by atoms with Crippen molar-refractivity contribution in [2.45, 2.75) is 26.3 Å². The van der Waals surface area contributed by atoms with Gasteiger partial charge in [-0.1, -0.05) is 6.92 Å². The molecule has 0 radical (unpaired) electrons. The molecule has 0 aromatic rings. The lowest BCUT2D eigenvalue weighted by Gasteiger charge is -2.25. The molecule has 1 fully saturated rings. The van der Waals surface area contributed by atoms with Gasteiger partial charge in [0, 0.05) is 19.1 Å². The minimum atomic E-state index is 0.666. The van der Waals surface area contributed by atoms with Gasteiger partial charge in [-0.3, -0.25) is 0 Å². The van der Waals surface area contributed by atoms with E-state index in [1.54, 1.807) is 0 Å². The molecule has 1 saturated heterocycles. The van der Waals surface area contributed by atoms with Crippen molar-refractivity contribution in [3.05, 3.63) is 0 Å². The summed E-state index contributed by atoms with van der Waals surface area (Å²) in [5.41, 5.74) is 0.